The van der Waals surface area contributed by atoms with Crippen molar-refractivity contribution in [3.8, 4) is 5.75 Å². The molecule has 5 nitrogen and oxygen atoms in total. The molecular formula is C25H26N2O3. The molecule has 0 saturated carbocycles. The fraction of sp³-hybridized carbons (Fsp3) is 0.240. The molecule has 30 heavy (non-hydrogen) atoms. The third-order valence-electron chi connectivity index (χ3n) is 5.04. The van der Waals surface area contributed by atoms with Gasteiger partial charge in [0.2, 0.25) is 0 Å². The molecule has 4 rings (SSSR count). The number of carbonyl (C=O) groups is 1. The number of aryl methyl sites for hydroxylation is 1. The van der Waals surface area contributed by atoms with Crippen molar-refractivity contribution in [2.75, 3.05) is 18.5 Å². The molecule has 1 N–H and O–H groups in total. The summed E-state index contributed by atoms with van der Waals surface area (Å²) in [5.41, 5.74) is 5.11. The van der Waals surface area contributed by atoms with Crippen LogP contribution in [0.25, 0.3) is 0 Å². The summed E-state index contributed by atoms with van der Waals surface area (Å²) in [7, 11) is 0. The van der Waals surface area contributed by atoms with E-state index in [1.165, 1.54) is 0 Å². The summed E-state index contributed by atoms with van der Waals surface area (Å²) in [6, 6.07) is 23.9. The monoisotopic (exact) mass is 402 g/mol. The molecule has 1 heterocycles. The number of fused-ring (bicyclic) bond motifs is 1. The smallest absolute Gasteiger partial charge is 0.322 e. The Morgan fingerprint density at radius 2 is 1.83 bits per heavy atom. The van der Waals surface area contributed by atoms with E-state index in [2.05, 4.69) is 23.5 Å². The summed E-state index contributed by atoms with van der Waals surface area (Å²) < 4.78 is 11.7. The van der Waals surface area contributed by atoms with E-state index < -0.39 is 0 Å². The molecule has 1 aliphatic heterocycles. The zero-order valence-electron chi connectivity index (χ0n) is 17.1. The molecule has 0 atom stereocenters. The summed E-state index contributed by atoms with van der Waals surface area (Å²) in [4.78, 5) is 14.6. The third-order valence-corrected chi connectivity index (χ3v) is 5.04. The number of carbonyl (C=O) groups excluding carboxylic acids is 1. The van der Waals surface area contributed by atoms with Gasteiger partial charge in [-0.15, -0.1) is 0 Å². The normalized spacial score (nSPS) is 13.2. The topological polar surface area (TPSA) is 50.8 Å². The molecule has 0 unspecified atom stereocenters. The van der Waals surface area contributed by atoms with Crippen LogP contribution in [0.4, 0.5) is 10.5 Å². The first-order valence-corrected chi connectivity index (χ1v) is 10.2. The maximum absolute atomic E-state index is 12.8. The van der Waals surface area contributed by atoms with Gasteiger partial charge < -0.3 is 19.7 Å². The van der Waals surface area contributed by atoms with Crippen LogP contribution in [0.3, 0.4) is 0 Å². The van der Waals surface area contributed by atoms with Gasteiger partial charge in [-0.2, -0.15) is 0 Å². The maximum atomic E-state index is 12.8. The van der Waals surface area contributed by atoms with Crippen LogP contribution < -0.4 is 10.1 Å². The molecule has 0 bridgehead atoms. The summed E-state index contributed by atoms with van der Waals surface area (Å²) in [5, 5.41) is 2.98. The summed E-state index contributed by atoms with van der Waals surface area (Å²) in [6.45, 7) is 4.59. The minimum Gasteiger partial charge on any atom is -0.491 e. The predicted octanol–water partition coefficient (Wildman–Crippen LogP) is 5.14. The fourth-order valence-corrected chi connectivity index (χ4v) is 3.50. The Morgan fingerprint density at radius 1 is 1.00 bits per heavy atom. The molecule has 0 aromatic heterocycles. The molecule has 3 aromatic carbocycles. The fourth-order valence-electron chi connectivity index (χ4n) is 3.50. The molecular weight excluding hydrogens is 376 g/mol. The van der Waals surface area contributed by atoms with E-state index in [1.54, 1.807) is 4.90 Å². The van der Waals surface area contributed by atoms with Gasteiger partial charge in [0.05, 0.1) is 26.3 Å². The second-order valence-electron chi connectivity index (χ2n) is 7.49. The Labute approximate surface area is 177 Å². The Hall–Kier alpha value is -3.31. The third kappa shape index (κ3) is 5.19. The van der Waals surface area contributed by atoms with Crippen molar-refractivity contribution in [3.05, 3.63) is 95.1 Å². The van der Waals surface area contributed by atoms with Crippen molar-refractivity contribution in [3.63, 3.8) is 0 Å². The van der Waals surface area contributed by atoms with E-state index in [1.807, 2.05) is 61.5 Å². The lowest BCUT2D eigenvalue weighted by molar-refractivity contribution is 0.107. The molecule has 0 fully saturated rings. The van der Waals surface area contributed by atoms with Crippen molar-refractivity contribution in [1.29, 1.82) is 0 Å². The average molecular weight is 402 g/mol. The van der Waals surface area contributed by atoms with Gasteiger partial charge in [0, 0.05) is 11.3 Å². The number of benzene rings is 3. The number of rotatable bonds is 5. The number of anilines is 1. The van der Waals surface area contributed by atoms with Crippen LogP contribution in [-0.4, -0.2) is 24.1 Å². The second-order valence-corrected chi connectivity index (χ2v) is 7.49. The first-order chi connectivity index (χ1) is 14.7. The van der Waals surface area contributed by atoms with Gasteiger partial charge in [-0.05, 0) is 47.9 Å². The Balaban J connectivity index is 1.40. The van der Waals surface area contributed by atoms with Crippen LogP contribution in [0.1, 0.15) is 22.3 Å². The molecule has 0 radical (unpaired) electrons. The van der Waals surface area contributed by atoms with E-state index >= 15 is 0 Å². The van der Waals surface area contributed by atoms with Crippen molar-refractivity contribution < 1.29 is 14.3 Å². The van der Waals surface area contributed by atoms with Gasteiger partial charge in [0.25, 0.3) is 0 Å². The van der Waals surface area contributed by atoms with Gasteiger partial charge in [0.1, 0.15) is 12.4 Å². The van der Waals surface area contributed by atoms with Gasteiger partial charge >= 0.3 is 6.03 Å². The molecule has 0 saturated heterocycles. The first-order valence-electron chi connectivity index (χ1n) is 10.2. The van der Waals surface area contributed by atoms with E-state index in [0.29, 0.717) is 32.9 Å². The van der Waals surface area contributed by atoms with Crippen molar-refractivity contribution in [2.45, 2.75) is 26.7 Å². The number of hydrogen-bond acceptors (Lipinski definition) is 3. The highest BCUT2D eigenvalue weighted by molar-refractivity contribution is 5.89. The van der Waals surface area contributed by atoms with Gasteiger partial charge in [0.15, 0.2) is 0 Å². The predicted molar refractivity (Wildman–Crippen MR) is 117 cm³/mol. The van der Waals surface area contributed by atoms with E-state index in [-0.39, 0.29) is 6.03 Å². The molecule has 0 spiro atoms. The maximum Gasteiger partial charge on any atom is 0.322 e. The number of amides is 2. The quantitative estimate of drug-likeness (QED) is 0.643. The largest absolute Gasteiger partial charge is 0.491 e. The number of nitrogens with one attached hydrogen (secondary N) is 1. The molecule has 3 aromatic rings. The summed E-state index contributed by atoms with van der Waals surface area (Å²) in [5.74, 6) is 0.827. The highest BCUT2D eigenvalue weighted by Gasteiger charge is 2.20. The number of urea groups is 1. The molecule has 0 aliphatic carbocycles. The first kappa shape index (κ1) is 20.0. The highest BCUT2D eigenvalue weighted by atomic mass is 16.5. The summed E-state index contributed by atoms with van der Waals surface area (Å²) >= 11 is 0. The lowest BCUT2D eigenvalue weighted by Crippen LogP contribution is -2.36. The van der Waals surface area contributed by atoms with Crippen LogP contribution in [0.15, 0.2) is 72.8 Å². The van der Waals surface area contributed by atoms with Crippen LogP contribution in [0.5, 0.6) is 5.75 Å². The SMILES string of the molecule is Cc1cccc(NC(=O)N2CCOc3ccc(COCc4ccccc4)cc3C2)c1. The van der Waals surface area contributed by atoms with Crippen LogP contribution in [0, 0.1) is 6.92 Å². The van der Waals surface area contributed by atoms with Gasteiger partial charge in [-0.1, -0.05) is 48.5 Å². The van der Waals surface area contributed by atoms with E-state index in [4.69, 9.17) is 9.47 Å². The zero-order chi connectivity index (χ0) is 20.8. The van der Waals surface area contributed by atoms with Gasteiger partial charge in [-0.25, -0.2) is 4.79 Å². The van der Waals surface area contributed by atoms with Crippen molar-refractivity contribution in [1.82, 2.24) is 4.90 Å². The average Bonchev–Trinajstić information content (AvgIpc) is 2.97. The van der Waals surface area contributed by atoms with Crippen LogP contribution >= 0.6 is 0 Å². The second kappa shape index (κ2) is 9.46. The standard InChI is InChI=1S/C25H26N2O3/c1-19-6-5-9-23(14-19)26-25(28)27-12-13-30-24-11-10-21(15-22(24)16-27)18-29-17-20-7-3-2-4-8-20/h2-11,14-15H,12-13,16-18H2,1H3,(H,26,28). The van der Waals surface area contributed by atoms with Gasteiger partial charge in [-0.3, -0.25) is 0 Å². The Morgan fingerprint density at radius 3 is 2.67 bits per heavy atom. The van der Waals surface area contributed by atoms with E-state index in [0.717, 1.165) is 33.7 Å². The Bertz CT molecular complexity index is 1000. The van der Waals surface area contributed by atoms with Crippen LogP contribution in [0.2, 0.25) is 0 Å². The molecule has 5 heteroatoms. The summed E-state index contributed by atoms with van der Waals surface area (Å²) in [6.07, 6.45) is 0. The van der Waals surface area contributed by atoms with Crippen molar-refractivity contribution in [2.24, 2.45) is 0 Å². The highest BCUT2D eigenvalue weighted by Crippen LogP contribution is 2.25. The zero-order valence-corrected chi connectivity index (χ0v) is 17.1. The number of nitrogens with zero attached hydrogens (tertiary/aromatic N) is 1. The molecule has 154 valence electrons. The lowest BCUT2D eigenvalue weighted by atomic mass is 10.1. The number of hydrogen-bond donors (Lipinski definition) is 1. The lowest BCUT2D eigenvalue weighted by Gasteiger charge is -2.20. The van der Waals surface area contributed by atoms with Crippen LogP contribution in [-0.2, 0) is 24.5 Å². The van der Waals surface area contributed by atoms with E-state index in [9.17, 15) is 4.79 Å². The molecule has 2 amide bonds. The van der Waals surface area contributed by atoms with Crippen molar-refractivity contribution >= 4 is 11.7 Å². The minimum atomic E-state index is -0.122. The minimum absolute atomic E-state index is 0.122. The number of ether oxygens (including phenoxy) is 2. The Kier molecular flexibility index (Phi) is 6.30. The molecule has 1 aliphatic rings.